The summed E-state index contributed by atoms with van der Waals surface area (Å²) in [4.78, 5) is 12.7. The van der Waals surface area contributed by atoms with Crippen LogP contribution < -0.4 is 11.2 Å². The summed E-state index contributed by atoms with van der Waals surface area (Å²) in [6.45, 7) is 0. The van der Waals surface area contributed by atoms with Gasteiger partial charge < -0.3 is 10.3 Å². The lowest BCUT2D eigenvalue weighted by atomic mass is 10.0. The summed E-state index contributed by atoms with van der Waals surface area (Å²) in [7, 11) is 0. The standard InChI is InChI=1S/C19H13N3O.C6H7N/c20-15-10-9-12(11-16(15)21)22-17-7-3-1-5-13(17)19(23)14-6-2-4-8-18(14)22;7-6-4-2-1-3-5-6/h1-11,20-21H;1-5H,7H2. The number of nitrogens with one attached hydrogen (secondary N) is 2. The summed E-state index contributed by atoms with van der Waals surface area (Å²) in [5, 5.41) is 16.9. The van der Waals surface area contributed by atoms with Crippen molar-refractivity contribution < 1.29 is 0 Å². The molecule has 30 heavy (non-hydrogen) atoms. The van der Waals surface area contributed by atoms with Gasteiger partial charge in [0.1, 0.15) is 0 Å². The van der Waals surface area contributed by atoms with Crippen LogP contribution in [0.15, 0.2) is 102 Å². The Kier molecular flexibility index (Phi) is 5.09. The maximum atomic E-state index is 12.7. The Hall–Kier alpha value is -4.25. The molecule has 4 N–H and O–H groups in total. The SMILES string of the molecule is N=C1C=CC(n2c3ccccc3c(=O)c3ccccc32)=CC1=N.Nc1ccccc1. The van der Waals surface area contributed by atoms with Crippen molar-refractivity contribution in [3.63, 3.8) is 0 Å². The molecule has 0 radical (unpaired) electrons. The van der Waals surface area contributed by atoms with E-state index >= 15 is 0 Å². The largest absolute Gasteiger partial charge is 0.399 e. The number of hydrogen-bond acceptors (Lipinski definition) is 4. The number of fused-ring (bicyclic) bond motifs is 2. The predicted octanol–water partition coefficient (Wildman–Crippen LogP) is 4.87. The third-order valence-electron chi connectivity index (χ3n) is 4.84. The summed E-state index contributed by atoms with van der Waals surface area (Å²) in [6.07, 6.45) is 5.08. The summed E-state index contributed by atoms with van der Waals surface area (Å²) < 4.78 is 1.98. The molecule has 0 fully saturated rings. The highest BCUT2D eigenvalue weighted by atomic mass is 16.1. The van der Waals surface area contributed by atoms with Gasteiger partial charge in [-0.25, -0.2) is 0 Å². The molecule has 0 unspecified atom stereocenters. The molecule has 1 aliphatic carbocycles. The lowest BCUT2D eigenvalue weighted by molar-refractivity contribution is 1.21. The average Bonchev–Trinajstić information content (AvgIpc) is 2.77. The summed E-state index contributed by atoms with van der Waals surface area (Å²) in [5.41, 5.74) is 8.91. The number of benzene rings is 3. The fraction of sp³-hybridized carbons (Fsp3) is 0. The molecular weight excluding hydrogens is 372 g/mol. The Morgan fingerprint density at radius 3 is 1.70 bits per heavy atom. The number of allylic oxidation sites excluding steroid dienone is 4. The Morgan fingerprint density at radius 1 is 0.667 bits per heavy atom. The van der Waals surface area contributed by atoms with Gasteiger partial charge in [-0.3, -0.25) is 15.6 Å². The molecule has 0 saturated carbocycles. The second-order valence-electron chi connectivity index (χ2n) is 6.84. The fourth-order valence-corrected chi connectivity index (χ4v) is 3.40. The molecule has 0 spiro atoms. The third-order valence-corrected chi connectivity index (χ3v) is 4.84. The van der Waals surface area contributed by atoms with E-state index in [1.807, 2.05) is 89.5 Å². The smallest absolute Gasteiger partial charge is 0.197 e. The fourth-order valence-electron chi connectivity index (χ4n) is 3.40. The van der Waals surface area contributed by atoms with Crippen LogP contribution in [0.25, 0.3) is 27.5 Å². The van der Waals surface area contributed by atoms with Gasteiger partial charge in [-0.2, -0.15) is 0 Å². The van der Waals surface area contributed by atoms with Crippen LogP contribution in [0.3, 0.4) is 0 Å². The van der Waals surface area contributed by atoms with Crippen molar-refractivity contribution in [1.29, 1.82) is 10.8 Å². The summed E-state index contributed by atoms with van der Waals surface area (Å²) in [6, 6.07) is 24.4. The van der Waals surface area contributed by atoms with Crippen LogP contribution >= 0.6 is 0 Å². The van der Waals surface area contributed by atoms with Crippen LogP contribution in [0.1, 0.15) is 0 Å². The summed E-state index contributed by atoms with van der Waals surface area (Å²) >= 11 is 0. The van der Waals surface area contributed by atoms with Crippen LogP contribution in [0.4, 0.5) is 5.69 Å². The van der Waals surface area contributed by atoms with Gasteiger partial charge in [-0.1, -0.05) is 42.5 Å². The monoisotopic (exact) mass is 392 g/mol. The molecular formula is C25H20N4O. The number of anilines is 1. The number of aromatic nitrogens is 1. The molecule has 4 aromatic rings. The van der Waals surface area contributed by atoms with E-state index in [0.717, 1.165) is 22.4 Å². The van der Waals surface area contributed by atoms with E-state index in [1.165, 1.54) is 0 Å². The number of nitrogens with zero attached hydrogens (tertiary/aromatic N) is 1. The number of nitrogens with two attached hydrogens (primary N) is 1. The topological polar surface area (TPSA) is 95.7 Å². The van der Waals surface area contributed by atoms with Crippen molar-refractivity contribution in [3.05, 3.63) is 107 Å². The molecule has 0 amide bonds. The normalized spacial score (nSPS) is 13.1. The molecule has 1 aliphatic rings. The number of pyridine rings is 1. The van der Waals surface area contributed by atoms with E-state index in [1.54, 1.807) is 12.2 Å². The van der Waals surface area contributed by atoms with E-state index in [0.29, 0.717) is 10.8 Å². The molecule has 5 nitrogen and oxygen atoms in total. The lowest BCUT2D eigenvalue weighted by Gasteiger charge is -2.18. The first-order valence-electron chi connectivity index (χ1n) is 9.47. The minimum Gasteiger partial charge on any atom is -0.399 e. The van der Waals surface area contributed by atoms with E-state index in [2.05, 4.69) is 0 Å². The van der Waals surface area contributed by atoms with Crippen LogP contribution in [-0.4, -0.2) is 16.0 Å². The van der Waals surface area contributed by atoms with Gasteiger partial charge in [-0.15, -0.1) is 0 Å². The van der Waals surface area contributed by atoms with Gasteiger partial charge in [0.25, 0.3) is 0 Å². The zero-order valence-electron chi connectivity index (χ0n) is 16.2. The molecule has 1 heterocycles. The lowest BCUT2D eigenvalue weighted by Crippen LogP contribution is -2.15. The van der Waals surface area contributed by atoms with Gasteiger partial charge in [0.15, 0.2) is 5.43 Å². The van der Waals surface area contributed by atoms with Crippen LogP contribution in [0.2, 0.25) is 0 Å². The molecule has 0 saturated heterocycles. The molecule has 1 aromatic heterocycles. The third kappa shape index (κ3) is 3.56. The van der Waals surface area contributed by atoms with Crippen molar-refractivity contribution in [1.82, 2.24) is 4.57 Å². The van der Waals surface area contributed by atoms with Crippen molar-refractivity contribution >= 4 is 44.6 Å². The first kappa shape index (κ1) is 19.1. The highest BCUT2D eigenvalue weighted by Crippen LogP contribution is 2.25. The van der Waals surface area contributed by atoms with Crippen LogP contribution in [-0.2, 0) is 0 Å². The van der Waals surface area contributed by atoms with Gasteiger partial charge in [0.2, 0.25) is 0 Å². The van der Waals surface area contributed by atoms with Gasteiger partial charge >= 0.3 is 0 Å². The molecule has 0 bridgehead atoms. The number of nitrogen functional groups attached to an aromatic ring is 1. The summed E-state index contributed by atoms with van der Waals surface area (Å²) in [5.74, 6) is 0. The van der Waals surface area contributed by atoms with E-state index in [9.17, 15) is 4.79 Å². The first-order valence-corrected chi connectivity index (χ1v) is 9.47. The Bertz CT molecular complexity index is 1340. The minimum absolute atomic E-state index is 0.00987. The van der Waals surface area contributed by atoms with E-state index < -0.39 is 0 Å². The molecule has 5 rings (SSSR count). The molecule has 146 valence electrons. The molecule has 5 heteroatoms. The zero-order chi connectivity index (χ0) is 21.1. The van der Waals surface area contributed by atoms with Crippen molar-refractivity contribution in [2.75, 3.05) is 5.73 Å². The van der Waals surface area contributed by atoms with Crippen molar-refractivity contribution in [3.8, 4) is 0 Å². The Labute approximate surface area is 173 Å². The highest BCUT2D eigenvalue weighted by molar-refractivity contribution is 6.50. The number of para-hydroxylation sites is 3. The predicted molar refractivity (Wildman–Crippen MR) is 125 cm³/mol. The zero-order valence-corrected chi connectivity index (χ0v) is 16.2. The van der Waals surface area contributed by atoms with Gasteiger partial charge in [0.05, 0.1) is 22.5 Å². The van der Waals surface area contributed by atoms with Crippen LogP contribution in [0.5, 0.6) is 0 Å². The van der Waals surface area contributed by atoms with Crippen molar-refractivity contribution in [2.45, 2.75) is 0 Å². The minimum atomic E-state index is 0.00987. The molecule has 3 aromatic carbocycles. The van der Waals surface area contributed by atoms with Gasteiger partial charge in [-0.05, 0) is 54.6 Å². The second-order valence-corrected chi connectivity index (χ2v) is 6.84. The van der Waals surface area contributed by atoms with E-state index in [4.69, 9.17) is 16.6 Å². The van der Waals surface area contributed by atoms with Gasteiger partial charge in [0, 0.05) is 22.2 Å². The van der Waals surface area contributed by atoms with E-state index in [-0.39, 0.29) is 16.9 Å². The molecule has 0 atom stereocenters. The highest BCUT2D eigenvalue weighted by Gasteiger charge is 2.14. The molecule has 0 aliphatic heterocycles. The average molecular weight is 392 g/mol. The maximum absolute atomic E-state index is 12.7. The maximum Gasteiger partial charge on any atom is 0.197 e. The quantitative estimate of drug-likeness (QED) is 0.245. The second kappa shape index (κ2) is 8.01. The Morgan fingerprint density at radius 2 is 1.20 bits per heavy atom. The van der Waals surface area contributed by atoms with Crippen molar-refractivity contribution in [2.24, 2.45) is 0 Å². The number of rotatable bonds is 1. The first-order chi connectivity index (χ1) is 14.6. The van der Waals surface area contributed by atoms with Crippen LogP contribution in [0, 0.1) is 10.8 Å². The Balaban J connectivity index is 0.000000265. The number of hydrogen-bond donors (Lipinski definition) is 3.